The van der Waals surface area contributed by atoms with Gasteiger partial charge in [0.1, 0.15) is 5.69 Å². The Balaban J connectivity index is 1.60. The summed E-state index contributed by atoms with van der Waals surface area (Å²) in [5, 5.41) is 17.4. The summed E-state index contributed by atoms with van der Waals surface area (Å²) in [6.07, 6.45) is 3.28. The lowest BCUT2D eigenvalue weighted by atomic mass is 10.1. The molecular formula is C21H16N8O. The Morgan fingerprint density at radius 2 is 1.97 bits per heavy atom. The number of nitrogens with two attached hydrogens (primary N) is 1. The standard InChI is InChI=1S/C21H16N8O/c1-13(30)16-5-6-17(24-10-16)11-29-12-20(27-28-29)19-8-18(25-21(23)26-19)15-4-2-3-14(7-15)9-22/h2-8,10,12H,11H2,1H3,(H2,23,25,26). The number of carbonyl (C=O) groups excluding carboxylic acids is 1. The summed E-state index contributed by atoms with van der Waals surface area (Å²) in [4.78, 5) is 24.2. The third-order valence-corrected chi connectivity index (χ3v) is 4.39. The van der Waals surface area contributed by atoms with Gasteiger partial charge in [-0.05, 0) is 37.3 Å². The lowest BCUT2D eigenvalue weighted by Crippen LogP contribution is -2.03. The van der Waals surface area contributed by atoms with Crippen molar-refractivity contribution in [1.29, 1.82) is 5.26 Å². The van der Waals surface area contributed by atoms with Crippen LogP contribution in [0, 0.1) is 11.3 Å². The van der Waals surface area contributed by atoms with Crippen LogP contribution in [0.3, 0.4) is 0 Å². The molecule has 0 spiro atoms. The van der Waals surface area contributed by atoms with Crippen molar-refractivity contribution >= 4 is 11.7 Å². The number of nitrogen functional groups attached to an aromatic ring is 1. The van der Waals surface area contributed by atoms with Crippen molar-refractivity contribution in [3.05, 3.63) is 71.7 Å². The number of anilines is 1. The fourth-order valence-electron chi connectivity index (χ4n) is 2.88. The Kier molecular flexibility index (Phi) is 4.97. The molecular weight excluding hydrogens is 380 g/mol. The number of hydrogen-bond acceptors (Lipinski definition) is 8. The summed E-state index contributed by atoms with van der Waals surface area (Å²) in [6.45, 7) is 1.89. The molecule has 0 saturated carbocycles. The van der Waals surface area contributed by atoms with Gasteiger partial charge in [0.2, 0.25) is 5.95 Å². The summed E-state index contributed by atoms with van der Waals surface area (Å²) in [7, 11) is 0. The van der Waals surface area contributed by atoms with Crippen molar-refractivity contribution < 1.29 is 4.79 Å². The molecule has 4 rings (SSSR count). The molecule has 2 N–H and O–H groups in total. The zero-order chi connectivity index (χ0) is 21.1. The predicted octanol–water partition coefficient (Wildman–Crippen LogP) is 2.50. The van der Waals surface area contributed by atoms with Crippen LogP contribution in [0.2, 0.25) is 0 Å². The molecule has 3 heterocycles. The Hall–Kier alpha value is -4.45. The molecule has 146 valence electrons. The van der Waals surface area contributed by atoms with E-state index in [4.69, 9.17) is 11.0 Å². The Bertz CT molecular complexity index is 1270. The lowest BCUT2D eigenvalue weighted by molar-refractivity contribution is 0.101. The third-order valence-electron chi connectivity index (χ3n) is 4.39. The Morgan fingerprint density at radius 3 is 2.70 bits per heavy atom. The molecule has 0 atom stereocenters. The molecule has 0 aliphatic rings. The summed E-state index contributed by atoms with van der Waals surface area (Å²) < 4.78 is 1.62. The fourth-order valence-corrected chi connectivity index (χ4v) is 2.88. The molecule has 9 heteroatoms. The van der Waals surface area contributed by atoms with Crippen molar-refractivity contribution in [3.8, 4) is 28.7 Å². The smallest absolute Gasteiger partial charge is 0.221 e. The van der Waals surface area contributed by atoms with Crippen molar-refractivity contribution in [2.75, 3.05) is 5.73 Å². The van der Waals surface area contributed by atoms with Gasteiger partial charge in [0.05, 0.1) is 41.5 Å². The molecule has 0 fully saturated rings. The predicted molar refractivity (Wildman–Crippen MR) is 109 cm³/mol. The first-order valence-electron chi connectivity index (χ1n) is 9.03. The molecule has 0 radical (unpaired) electrons. The van der Waals surface area contributed by atoms with Gasteiger partial charge in [-0.15, -0.1) is 5.10 Å². The first kappa shape index (κ1) is 18.9. The van der Waals surface area contributed by atoms with Crippen LogP contribution in [0.15, 0.2) is 54.9 Å². The van der Waals surface area contributed by atoms with Crippen LogP contribution in [0.25, 0.3) is 22.6 Å². The first-order valence-corrected chi connectivity index (χ1v) is 9.03. The van der Waals surface area contributed by atoms with Crippen LogP contribution >= 0.6 is 0 Å². The highest BCUT2D eigenvalue weighted by Gasteiger charge is 2.11. The largest absolute Gasteiger partial charge is 0.368 e. The van der Waals surface area contributed by atoms with E-state index in [0.29, 0.717) is 34.8 Å². The minimum Gasteiger partial charge on any atom is -0.368 e. The molecule has 0 saturated heterocycles. The Morgan fingerprint density at radius 1 is 1.13 bits per heavy atom. The average Bonchev–Trinajstić information content (AvgIpc) is 3.22. The fraction of sp³-hybridized carbons (Fsp3) is 0.0952. The van der Waals surface area contributed by atoms with Crippen LogP contribution < -0.4 is 5.73 Å². The van der Waals surface area contributed by atoms with Crippen molar-refractivity contribution in [1.82, 2.24) is 29.9 Å². The molecule has 0 unspecified atom stereocenters. The highest BCUT2D eigenvalue weighted by atomic mass is 16.1. The molecule has 0 aliphatic heterocycles. The van der Waals surface area contributed by atoms with Gasteiger partial charge in [0.15, 0.2) is 5.78 Å². The number of benzene rings is 1. The van der Waals surface area contributed by atoms with E-state index in [0.717, 1.165) is 11.3 Å². The number of aromatic nitrogens is 6. The van der Waals surface area contributed by atoms with E-state index in [1.165, 1.54) is 6.92 Å². The summed E-state index contributed by atoms with van der Waals surface area (Å²) in [5.74, 6) is 0.0652. The van der Waals surface area contributed by atoms with Gasteiger partial charge in [-0.2, -0.15) is 5.26 Å². The van der Waals surface area contributed by atoms with Gasteiger partial charge in [-0.25, -0.2) is 14.6 Å². The van der Waals surface area contributed by atoms with Crippen LogP contribution in [0.5, 0.6) is 0 Å². The van der Waals surface area contributed by atoms with Gasteiger partial charge in [-0.1, -0.05) is 17.3 Å². The molecule has 9 nitrogen and oxygen atoms in total. The summed E-state index contributed by atoms with van der Waals surface area (Å²) in [5.41, 5.74) is 10.1. The van der Waals surface area contributed by atoms with Crippen LogP contribution in [-0.4, -0.2) is 35.7 Å². The second-order valence-electron chi connectivity index (χ2n) is 6.58. The molecule has 0 aliphatic carbocycles. The molecule has 30 heavy (non-hydrogen) atoms. The maximum atomic E-state index is 11.4. The van der Waals surface area contributed by atoms with Gasteiger partial charge in [0, 0.05) is 17.3 Å². The van der Waals surface area contributed by atoms with E-state index in [2.05, 4.69) is 31.3 Å². The maximum Gasteiger partial charge on any atom is 0.221 e. The second-order valence-corrected chi connectivity index (χ2v) is 6.58. The van der Waals surface area contributed by atoms with Gasteiger partial charge in [-0.3, -0.25) is 9.78 Å². The minimum atomic E-state index is -0.0328. The molecule has 1 aromatic carbocycles. The molecule has 0 amide bonds. The topological polar surface area (TPSA) is 136 Å². The summed E-state index contributed by atoms with van der Waals surface area (Å²) in [6, 6.07) is 14.5. The molecule has 3 aromatic heterocycles. The van der Waals surface area contributed by atoms with Crippen molar-refractivity contribution in [3.63, 3.8) is 0 Å². The third kappa shape index (κ3) is 4.02. The zero-order valence-electron chi connectivity index (χ0n) is 16.0. The lowest BCUT2D eigenvalue weighted by Gasteiger charge is -2.05. The summed E-state index contributed by atoms with van der Waals surface area (Å²) >= 11 is 0. The number of nitriles is 1. The number of rotatable bonds is 5. The number of nitrogens with zero attached hydrogens (tertiary/aromatic N) is 7. The normalized spacial score (nSPS) is 10.5. The second kappa shape index (κ2) is 7.89. The quantitative estimate of drug-likeness (QED) is 0.508. The highest BCUT2D eigenvalue weighted by Crippen LogP contribution is 2.24. The number of carbonyl (C=O) groups is 1. The maximum absolute atomic E-state index is 11.4. The van der Waals surface area contributed by atoms with Crippen molar-refractivity contribution in [2.45, 2.75) is 13.5 Å². The molecule has 4 aromatic rings. The minimum absolute atomic E-state index is 0.0328. The van der Waals surface area contributed by atoms with Crippen molar-refractivity contribution in [2.24, 2.45) is 0 Å². The van der Waals surface area contributed by atoms with E-state index in [9.17, 15) is 4.79 Å². The van der Waals surface area contributed by atoms with E-state index >= 15 is 0 Å². The van der Waals surface area contributed by atoms with E-state index in [1.54, 1.807) is 53.5 Å². The zero-order valence-corrected chi connectivity index (χ0v) is 16.0. The monoisotopic (exact) mass is 396 g/mol. The van der Waals surface area contributed by atoms with E-state index < -0.39 is 0 Å². The van der Waals surface area contributed by atoms with E-state index in [-0.39, 0.29) is 11.7 Å². The first-order chi connectivity index (χ1) is 14.5. The highest BCUT2D eigenvalue weighted by molar-refractivity contribution is 5.93. The number of pyridine rings is 1. The van der Waals surface area contributed by atoms with Crippen LogP contribution in [0.1, 0.15) is 28.5 Å². The van der Waals surface area contributed by atoms with Crippen LogP contribution in [0.4, 0.5) is 5.95 Å². The van der Waals surface area contributed by atoms with Crippen LogP contribution in [-0.2, 0) is 6.54 Å². The van der Waals surface area contributed by atoms with Gasteiger partial charge >= 0.3 is 0 Å². The number of hydrogen-bond donors (Lipinski definition) is 1. The molecule has 0 bridgehead atoms. The van der Waals surface area contributed by atoms with E-state index in [1.807, 2.05) is 6.07 Å². The number of ketones is 1. The van der Waals surface area contributed by atoms with Gasteiger partial charge < -0.3 is 5.73 Å². The Labute approximate surface area is 171 Å². The van der Waals surface area contributed by atoms with Gasteiger partial charge in [0.25, 0.3) is 0 Å². The SMILES string of the molecule is CC(=O)c1ccc(Cn2cc(-c3cc(-c4cccc(C#N)c4)nc(N)n3)nn2)nc1. The number of Topliss-reactive ketones (excluding diaryl/α,β-unsaturated/α-hetero) is 1. The average molecular weight is 396 g/mol.